The van der Waals surface area contributed by atoms with Gasteiger partial charge in [0, 0.05) is 24.2 Å². The van der Waals surface area contributed by atoms with E-state index in [4.69, 9.17) is 5.73 Å². The zero-order valence-corrected chi connectivity index (χ0v) is 10.4. The smallest absolute Gasteiger partial charge is 0.387 e. The monoisotopic (exact) mass is 256 g/mol. The molecule has 1 atom stereocenters. The first kappa shape index (κ1) is 13.2. The first-order valence-electron chi connectivity index (χ1n) is 6.07. The van der Waals surface area contributed by atoms with Gasteiger partial charge in [-0.2, -0.15) is 8.78 Å². The topological polar surface area (TPSA) is 38.5 Å². The van der Waals surface area contributed by atoms with Crippen molar-refractivity contribution < 1.29 is 13.5 Å². The van der Waals surface area contributed by atoms with Crippen LogP contribution < -0.4 is 10.5 Å². The van der Waals surface area contributed by atoms with Gasteiger partial charge in [0.15, 0.2) is 0 Å². The van der Waals surface area contributed by atoms with E-state index in [0.717, 1.165) is 0 Å². The van der Waals surface area contributed by atoms with E-state index in [1.807, 2.05) is 7.05 Å². The van der Waals surface area contributed by atoms with Crippen LogP contribution in [0.3, 0.4) is 0 Å². The maximum absolute atomic E-state index is 12.3. The Morgan fingerprint density at radius 3 is 2.67 bits per heavy atom. The number of para-hydroxylation sites is 1. The standard InChI is InChI=1S/C13H18F2N2O/c1-17(9-6-7-9)8-11(16)10-4-2-3-5-12(10)18-13(14)15/h2-5,9,11,13H,6-8,16H2,1H3. The van der Waals surface area contributed by atoms with Crippen molar-refractivity contribution in [1.82, 2.24) is 4.90 Å². The van der Waals surface area contributed by atoms with Crippen molar-refractivity contribution in [2.24, 2.45) is 5.73 Å². The van der Waals surface area contributed by atoms with E-state index in [2.05, 4.69) is 9.64 Å². The van der Waals surface area contributed by atoms with Crippen LogP contribution in [0.2, 0.25) is 0 Å². The van der Waals surface area contributed by atoms with Gasteiger partial charge in [-0.05, 0) is 26.0 Å². The van der Waals surface area contributed by atoms with E-state index < -0.39 is 6.61 Å². The molecule has 2 rings (SSSR count). The number of nitrogens with two attached hydrogens (primary N) is 1. The van der Waals surface area contributed by atoms with Gasteiger partial charge in [0.2, 0.25) is 0 Å². The zero-order valence-electron chi connectivity index (χ0n) is 10.4. The summed E-state index contributed by atoms with van der Waals surface area (Å²) < 4.78 is 29.1. The van der Waals surface area contributed by atoms with Crippen LogP contribution in [-0.2, 0) is 0 Å². The van der Waals surface area contributed by atoms with Crippen LogP contribution in [0.5, 0.6) is 5.75 Å². The Morgan fingerprint density at radius 2 is 2.06 bits per heavy atom. The zero-order chi connectivity index (χ0) is 13.1. The molecule has 18 heavy (non-hydrogen) atoms. The van der Waals surface area contributed by atoms with Crippen LogP contribution in [0.15, 0.2) is 24.3 Å². The van der Waals surface area contributed by atoms with Crippen molar-refractivity contribution in [3.63, 3.8) is 0 Å². The fourth-order valence-corrected chi connectivity index (χ4v) is 2.06. The van der Waals surface area contributed by atoms with Gasteiger partial charge in [-0.1, -0.05) is 18.2 Å². The molecule has 2 N–H and O–H groups in total. The highest BCUT2D eigenvalue weighted by Crippen LogP contribution is 2.29. The summed E-state index contributed by atoms with van der Waals surface area (Å²) in [5.41, 5.74) is 6.70. The Hall–Kier alpha value is -1.20. The molecule has 0 saturated heterocycles. The van der Waals surface area contributed by atoms with E-state index >= 15 is 0 Å². The lowest BCUT2D eigenvalue weighted by Gasteiger charge is -2.22. The number of likely N-dealkylation sites (N-methyl/N-ethyl adjacent to an activating group) is 1. The molecule has 5 heteroatoms. The average molecular weight is 256 g/mol. The molecule has 0 radical (unpaired) electrons. The summed E-state index contributed by atoms with van der Waals surface area (Å²) in [4.78, 5) is 2.17. The average Bonchev–Trinajstić information content (AvgIpc) is 3.12. The lowest BCUT2D eigenvalue weighted by atomic mass is 10.1. The summed E-state index contributed by atoms with van der Waals surface area (Å²) in [6.45, 7) is -2.17. The van der Waals surface area contributed by atoms with Crippen LogP contribution >= 0.6 is 0 Å². The van der Waals surface area contributed by atoms with Crippen LogP contribution in [0.4, 0.5) is 8.78 Å². The molecule has 1 fully saturated rings. The summed E-state index contributed by atoms with van der Waals surface area (Å²) in [5, 5.41) is 0. The van der Waals surface area contributed by atoms with E-state index in [-0.39, 0.29) is 11.8 Å². The van der Waals surface area contributed by atoms with Crippen LogP contribution in [0, 0.1) is 0 Å². The Kier molecular flexibility index (Phi) is 4.14. The van der Waals surface area contributed by atoms with Gasteiger partial charge in [-0.3, -0.25) is 0 Å². The van der Waals surface area contributed by atoms with E-state index in [9.17, 15) is 8.78 Å². The molecule has 1 saturated carbocycles. The number of hydrogen-bond donors (Lipinski definition) is 1. The number of rotatable bonds is 6. The molecule has 3 nitrogen and oxygen atoms in total. The SMILES string of the molecule is CN(CC(N)c1ccccc1OC(F)F)C1CC1. The van der Waals surface area contributed by atoms with E-state index in [1.54, 1.807) is 18.2 Å². The third-order valence-electron chi connectivity index (χ3n) is 3.19. The molecule has 1 unspecified atom stereocenters. The quantitative estimate of drug-likeness (QED) is 0.849. The molecule has 0 heterocycles. The lowest BCUT2D eigenvalue weighted by Crippen LogP contribution is -2.31. The molecule has 0 spiro atoms. The second kappa shape index (κ2) is 5.63. The minimum Gasteiger partial charge on any atom is -0.434 e. The second-order valence-corrected chi connectivity index (χ2v) is 4.69. The molecule has 1 aliphatic rings. The fraction of sp³-hybridized carbons (Fsp3) is 0.538. The van der Waals surface area contributed by atoms with Crippen molar-refractivity contribution >= 4 is 0 Å². The number of ether oxygens (including phenoxy) is 1. The Balaban J connectivity index is 2.05. The van der Waals surface area contributed by atoms with Gasteiger partial charge in [0.05, 0.1) is 0 Å². The Morgan fingerprint density at radius 1 is 1.39 bits per heavy atom. The minimum atomic E-state index is -2.82. The molecular weight excluding hydrogens is 238 g/mol. The van der Waals surface area contributed by atoms with Gasteiger partial charge in [0.1, 0.15) is 5.75 Å². The molecule has 1 aromatic carbocycles. The number of alkyl halides is 2. The highest BCUT2D eigenvalue weighted by atomic mass is 19.3. The third kappa shape index (κ3) is 3.40. The molecule has 1 aliphatic carbocycles. The molecule has 100 valence electrons. The van der Waals surface area contributed by atoms with Crippen LogP contribution in [-0.4, -0.2) is 31.1 Å². The molecule has 0 amide bonds. The van der Waals surface area contributed by atoms with Crippen molar-refractivity contribution in [3.8, 4) is 5.75 Å². The fourth-order valence-electron chi connectivity index (χ4n) is 2.06. The van der Waals surface area contributed by atoms with Crippen molar-refractivity contribution in [3.05, 3.63) is 29.8 Å². The van der Waals surface area contributed by atoms with Gasteiger partial charge in [-0.25, -0.2) is 0 Å². The second-order valence-electron chi connectivity index (χ2n) is 4.69. The van der Waals surface area contributed by atoms with Crippen LogP contribution in [0.25, 0.3) is 0 Å². The summed E-state index contributed by atoms with van der Waals surface area (Å²) >= 11 is 0. The summed E-state index contributed by atoms with van der Waals surface area (Å²) in [6, 6.07) is 7.00. The summed E-state index contributed by atoms with van der Waals surface area (Å²) in [7, 11) is 2.01. The number of halogens is 2. The number of benzene rings is 1. The van der Waals surface area contributed by atoms with Crippen molar-refractivity contribution in [2.75, 3.05) is 13.6 Å². The summed E-state index contributed by atoms with van der Waals surface area (Å²) in [6.07, 6.45) is 2.39. The Labute approximate surface area is 106 Å². The lowest BCUT2D eigenvalue weighted by molar-refractivity contribution is -0.0506. The summed E-state index contributed by atoms with van der Waals surface area (Å²) in [5.74, 6) is 0.171. The van der Waals surface area contributed by atoms with Crippen LogP contribution in [0.1, 0.15) is 24.4 Å². The van der Waals surface area contributed by atoms with Gasteiger partial charge < -0.3 is 15.4 Å². The third-order valence-corrected chi connectivity index (χ3v) is 3.19. The van der Waals surface area contributed by atoms with Crippen molar-refractivity contribution in [1.29, 1.82) is 0 Å². The van der Waals surface area contributed by atoms with Gasteiger partial charge in [-0.15, -0.1) is 0 Å². The molecule has 0 bridgehead atoms. The normalized spacial score (nSPS) is 17.2. The highest BCUT2D eigenvalue weighted by molar-refractivity contribution is 5.36. The predicted molar refractivity (Wildman–Crippen MR) is 65.7 cm³/mol. The first-order chi connectivity index (χ1) is 8.58. The maximum atomic E-state index is 12.3. The van der Waals surface area contributed by atoms with E-state index in [1.165, 1.54) is 18.9 Å². The van der Waals surface area contributed by atoms with Gasteiger partial charge in [0.25, 0.3) is 0 Å². The molecule has 0 aromatic heterocycles. The molecule has 1 aromatic rings. The van der Waals surface area contributed by atoms with E-state index in [0.29, 0.717) is 18.2 Å². The Bertz CT molecular complexity index is 396. The molecular formula is C13H18F2N2O. The maximum Gasteiger partial charge on any atom is 0.387 e. The number of hydrogen-bond acceptors (Lipinski definition) is 3. The molecule has 0 aliphatic heterocycles. The van der Waals surface area contributed by atoms with Gasteiger partial charge >= 0.3 is 6.61 Å². The number of nitrogens with zero attached hydrogens (tertiary/aromatic N) is 1. The largest absolute Gasteiger partial charge is 0.434 e. The predicted octanol–water partition coefficient (Wildman–Crippen LogP) is 2.38. The first-order valence-corrected chi connectivity index (χ1v) is 6.07. The minimum absolute atomic E-state index is 0.171. The highest BCUT2D eigenvalue weighted by Gasteiger charge is 2.27. The van der Waals surface area contributed by atoms with Crippen molar-refractivity contribution in [2.45, 2.75) is 31.5 Å².